The summed E-state index contributed by atoms with van der Waals surface area (Å²) in [6.07, 6.45) is -1.13. The van der Waals surface area contributed by atoms with Gasteiger partial charge in [0.2, 0.25) is 27.7 Å². The SMILES string of the molecule is CC[C@@H]1C[C@H](C)CCC=C[C@@H]2C[C@@]2(C(=O)NS(=O)(=O)C2(C)CC2)NC(=O)[C@@H]2C[C@@H](Oc3nccc4c(OC)cccc34)CN2C(=O)[C@H]1N(C(=O)O)C(C)(C)C(F)(F)F. The molecule has 0 radical (unpaired) electrons. The van der Waals surface area contributed by atoms with E-state index in [0.29, 0.717) is 56.1 Å². The van der Waals surface area contributed by atoms with Gasteiger partial charge in [0.05, 0.1) is 18.4 Å². The van der Waals surface area contributed by atoms with E-state index in [2.05, 4.69) is 15.0 Å². The zero-order valence-corrected chi connectivity index (χ0v) is 34.3. The lowest BCUT2D eigenvalue weighted by atomic mass is 9.82. The first-order valence-corrected chi connectivity index (χ1v) is 21.1. The van der Waals surface area contributed by atoms with Gasteiger partial charge in [-0.05, 0) is 89.3 Å². The Morgan fingerprint density at radius 1 is 1.14 bits per heavy atom. The number of alkyl halides is 3. The van der Waals surface area contributed by atoms with Crippen molar-refractivity contribution in [2.24, 2.45) is 17.8 Å². The van der Waals surface area contributed by atoms with Crippen LogP contribution in [0.2, 0.25) is 0 Å². The first-order chi connectivity index (χ1) is 27.1. The number of rotatable bonds is 9. The fourth-order valence-electron chi connectivity index (χ4n) is 8.35. The molecule has 7 atom stereocenters. The van der Waals surface area contributed by atoms with Gasteiger partial charge in [0, 0.05) is 29.3 Å². The highest BCUT2D eigenvalue weighted by atomic mass is 32.2. The van der Waals surface area contributed by atoms with E-state index in [4.69, 9.17) is 9.47 Å². The molecule has 6 rings (SSSR count). The van der Waals surface area contributed by atoms with Crippen molar-refractivity contribution in [2.45, 2.75) is 126 Å². The highest BCUT2D eigenvalue weighted by Crippen LogP contribution is 2.48. The second-order valence-corrected chi connectivity index (χ2v) is 19.2. The van der Waals surface area contributed by atoms with Crippen LogP contribution in [0.5, 0.6) is 11.6 Å². The van der Waals surface area contributed by atoms with Gasteiger partial charge >= 0.3 is 12.3 Å². The minimum Gasteiger partial charge on any atom is -0.496 e. The summed E-state index contributed by atoms with van der Waals surface area (Å²) in [5, 5.41) is 14.5. The number of nitrogens with one attached hydrogen (secondary N) is 2. The second-order valence-electron chi connectivity index (χ2n) is 17.0. The third-order valence-electron chi connectivity index (χ3n) is 12.6. The molecule has 2 aliphatic carbocycles. The van der Waals surface area contributed by atoms with Crippen LogP contribution in [-0.4, -0.2) is 106 Å². The molecule has 2 aliphatic heterocycles. The van der Waals surface area contributed by atoms with Crippen molar-refractivity contribution in [3.8, 4) is 11.6 Å². The Labute approximate surface area is 335 Å². The van der Waals surface area contributed by atoms with Gasteiger partial charge < -0.3 is 24.8 Å². The molecule has 3 N–H and O–H groups in total. The minimum absolute atomic E-state index is 0.0539. The van der Waals surface area contributed by atoms with Crippen molar-refractivity contribution < 1.29 is 55.3 Å². The number of carboxylic acid groups (broad SMARTS) is 1. The summed E-state index contributed by atoms with van der Waals surface area (Å²) in [7, 11) is -2.62. The molecule has 2 saturated carbocycles. The molecule has 14 nitrogen and oxygen atoms in total. The van der Waals surface area contributed by atoms with Gasteiger partial charge in [-0.15, -0.1) is 0 Å². The zero-order valence-electron chi connectivity index (χ0n) is 33.5. The Kier molecular flexibility index (Phi) is 11.5. The number of sulfonamides is 1. The maximum Gasteiger partial charge on any atom is 0.411 e. The van der Waals surface area contributed by atoms with E-state index in [1.165, 1.54) is 20.2 Å². The summed E-state index contributed by atoms with van der Waals surface area (Å²) in [4.78, 5) is 62.3. The molecule has 1 aromatic carbocycles. The Balaban J connectivity index is 1.44. The standard InChI is InChI=1S/C40H52F3N5O9S/c1-7-24-19-23(2)11-8-9-12-25-21-39(25,35(51)46-58(54,55)38(5)16-17-38)45-32(49)29-20-26(57-33-28-13-10-14-30(56-6)27(28)15-18-44-33)22-47(29)34(50)31(24)48(36(52)53)37(3,4)40(41,42)43/h9-10,12-15,18,23-26,29,31H,7-8,11,16-17,19-22H2,1-6H3,(H,45,49)(H,46,51)(H,52,53)/t23-,24-,25-,26-,29+,31+,39-/m1/s1. The highest BCUT2D eigenvalue weighted by Gasteiger charge is 2.64. The first kappa shape index (κ1) is 43.0. The number of fused-ring (bicyclic) bond motifs is 3. The molecule has 58 heavy (non-hydrogen) atoms. The fourth-order valence-corrected chi connectivity index (χ4v) is 9.66. The predicted octanol–water partition coefficient (Wildman–Crippen LogP) is 5.56. The molecular weight excluding hydrogens is 784 g/mol. The molecule has 318 valence electrons. The third-order valence-corrected chi connectivity index (χ3v) is 14.7. The van der Waals surface area contributed by atoms with E-state index in [1.807, 2.05) is 13.0 Å². The number of halogens is 3. The van der Waals surface area contributed by atoms with E-state index in [1.54, 1.807) is 37.3 Å². The van der Waals surface area contributed by atoms with Gasteiger partial charge in [-0.25, -0.2) is 18.2 Å². The van der Waals surface area contributed by atoms with Crippen LogP contribution in [0, 0.1) is 17.8 Å². The zero-order chi connectivity index (χ0) is 42.6. The van der Waals surface area contributed by atoms with Crippen LogP contribution in [0.1, 0.15) is 86.0 Å². The highest BCUT2D eigenvalue weighted by molar-refractivity contribution is 7.91. The molecule has 0 bridgehead atoms. The predicted molar refractivity (Wildman–Crippen MR) is 206 cm³/mol. The normalized spacial score (nSPS) is 28.9. The molecular formula is C40H52F3N5O9S. The van der Waals surface area contributed by atoms with Gasteiger partial charge in [-0.1, -0.05) is 38.5 Å². The average molecular weight is 836 g/mol. The lowest BCUT2D eigenvalue weighted by Gasteiger charge is -2.46. The number of hydrogen-bond acceptors (Lipinski definition) is 9. The van der Waals surface area contributed by atoms with Crippen molar-refractivity contribution in [1.29, 1.82) is 0 Å². The molecule has 2 aromatic rings. The molecule has 3 fully saturated rings. The quantitative estimate of drug-likeness (QED) is 0.271. The maximum atomic E-state index is 15.1. The van der Waals surface area contributed by atoms with Crippen LogP contribution in [-0.2, 0) is 24.4 Å². The van der Waals surface area contributed by atoms with Gasteiger partial charge in [-0.2, -0.15) is 13.2 Å². The molecule has 1 aromatic heterocycles. The number of nitrogens with zero attached hydrogens (tertiary/aromatic N) is 3. The summed E-state index contributed by atoms with van der Waals surface area (Å²) in [5.41, 5.74) is -4.75. The maximum absolute atomic E-state index is 15.1. The third kappa shape index (κ3) is 7.92. The molecule has 4 amide bonds. The van der Waals surface area contributed by atoms with E-state index in [-0.39, 0.29) is 48.9 Å². The van der Waals surface area contributed by atoms with Crippen LogP contribution in [0.15, 0.2) is 42.6 Å². The van der Waals surface area contributed by atoms with E-state index < -0.39 is 85.9 Å². The average Bonchev–Trinajstić information content (AvgIpc) is 4.03. The van der Waals surface area contributed by atoms with Gasteiger partial charge in [-0.3, -0.25) is 24.0 Å². The number of benzene rings is 1. The molecule has 0 unspecified atom stereocenters. The van der Waals surface area contributed by atoms with Crippen molar-refractivity contribution in [2.75, 3.05) is 13.7 Å². The van der Waals surface area contributed by atoms with Crippen LogP contribution in [0.4, 0.5) is 18.0 Å². The van der Waals surface area contributed by atoms with Crippen LogP contribution in [0.3, 0.4) is 0 Å². The summed E-state index contributed by atoms with van der Waals surface area (Å²) in [6.45, 7) is 6.13. The number of methoxy groups -OCH3 is 1. The Hall–Kier alpha value is -4.61. The second kappa shape index (κ2) is 15.5. The number of hydrogen-bond donors (Lipinski definition) is 3. The fraction of sp³-hybridized carbons (Fsp3) is 0.625. The first-order valence-electron chi connectivity index (χ1n) is 19.6. The summed E-state index contributed by atoms with van der Waals surface area (Å²) < 4.78 is 83.7. The van der Waals surface area contributed by atoms with Gasteiger partial charge in [0.1, 0.15) is 35.0 Å². The Bertz CT molecular complexity index is 2090. The van der Waals surface area contributed by atoms with E-state index >= 15 is 4.79 Å². The molecule has 18 heteroatoms. The number of allylic oxidation sites excluding steroid dienone is 1. The van der Waals surface area contributed by atoms with Crippen molar-refractivity contribution in [3.05, 3.63) is 42.6 Å². The van der Waals surface area contributed by atoms with Crippen LogP contribution < -0.4 is 19.5 Å². The number of aromatic nitrogens is 1. The molecule has 0 spiro atoms. The number of pyridine rings is 1. The number of ether oxygens (including phenoxy) is 2. The number of amides is 4. The summed E-state index contributed by atoms with van der Waals surface area (Å²) in [5.74, 6) is -3.87. The summed E-state index contributed by atoms with van der Waals surface area (Å²) in [6, 6.07) is 3.56. The monoisotopic (exact) mass is 835 g/mol. The molecule has 3 heterocycles. The summed E-state index contributed by atoms with van der Waals surface area (Å²) >= 11 is 0. The van der Waals surface area contributed by atoms with Crippen LogP contribution >= 0.6 is 0 Å². The lowest BCUT2D eigenvalue weighted by Crippen LogP contribution is -2.66. The number of carbonyl (C=O) groups is 4. The van der Waals surface area contributed by atoms with Gasteiger partial charge in [0.25, 0.3) is 5.91 Å². The molecule has 1 saturated heterocycles. The van der Waals surface area contributed by atoms with Crippen molar-refractivity contribution in [3.63, 3.8) is 0 Å². The van der Waals surface area contributed by atoms with E-state index in [0.717, 1.165) is 4.90 Å². The van der Waals surface area contributed by atoms with Crippen molar-refractivity contribution in [1.82, 2.24) is 24.8 Å². The number of carbonyl (C=O) groups excluding carboxylic acids is 3. The Morgan fingerprint density at radius 3 is 2.47 bits per heavy atom. The molecule has 4 aliphatic rings. The minimum atomic E-state index is -5.09. The van der Waals surface area contributed by atoms with Crippen LogP contribution in [0.25, 0.3) is 10.8 Å². The largest absolute Gasteiger partial charge is 0.496 e. The topological polar surface area (TPSA) is 185 Å². The van der Waals surface area contributed by atoms with E-state index in [9.17, 15) is 41.1 Å². The lowest BCUT2D eigenvalue weighted by molar-refractivity contribution is -0.222. The van der Waals surface area contributed by atoms with Crippen molar-refractivity contribution >= 4 is 44.6 Å². The Morgan fingerprint density at radius 2 is 1.84 bits per heavy atom. The smallest absolute Gasteiger partial charge is 0.411 e. The van der Waals surface area contributed by atoms with Gasteiger partial charge in [0.15, 0.2) is 0 Å².